The Hall–Kier alpha value is -0.900. The molecule has 1 aliphatic heterocycles. The molecule has 0 bridgehead atoms. The molecule has 4 heteroatoms. The van der Waals surface area contributed by atoms with E-state index in [4.69, 9.17) is 0 Å². The fourth-order valence-corrected chi connectivity index (χ4v) is 7.24. The first-order valence-electron chi connectivity index (χ1n) is 9.59. The highest BCUT2D eigenvalue weighted by molar-refractivity contribution is 5.92. The number of likely N-dealkylation sites (N-methyl/N-ethyl adjacent to an activating group) is 1. The van der Waals surface area contributed by atoms with E-state index >= 15 is 0 Å². The lowest BCUT2D eigenvalue weighted by atomic mass is 9.47. The molecule has 3 fully saturated rings. The van der Waals surface area contributed by atoms with Crippen LogP contribution < -0.4 is 0 Å². The number of halogens is 1. The van der Waals surface area contributed by atoms with E-state index in [1.54, 1.807) is 18.0 Å². The van der Waals surface area contributed by atoms with Crippen molar-refractivity contribution in [2.75, 3.05) is 13.7 Å². The average molecular weight is 335 g/mol. The van der Waals surface area contributed by atoms with Crippen molar-refractivity contribution >= 4 is 5.91 Å². The van der Waals surface area contributed by atoms with Crippen LogP contribution in [0.2, 0.25) is 0 Å². The number of aliphatic hydroxyl groups excluding tert-OH is 1. The van der Waals surface area contributed by atoms with E-state index in [2.05, 4.69) is 13.8 Å². The predicted octanol–water partition coefficient (Wildman–Crippen LogP) is 3.53. The first-order chi connectivity index (χ1) is 11.3. The minimum Gasteiger partial charge on any atom is -0.396 e. The summed E-state index contributed by atoms with van der Waals surface area (Å²) >= 11 is 0. The van der Waals surface area contributed by atoms with Crippen LogP contribution in [-0.4, -0.2) is 35.6 Å². The van der Waals surface area contributed by atoms with E-state index in [0.717, 1.165) is 32.1 Å². The Morgan fingerprint density at radius 1 is 1.21 bits per heavy atom. The van der Waals surface area contributed by atoms with Crippen molar-refractivity contribution in [3.05, 3.63) is 11.9 Å². The lowest BCUT2D eigenvalue weighted by molar-refractivity contribution is -0.142. The Labute approximate surface area is 144 Å². The van der Waals surface area contributed by atoms with E-state index in [-0.39, 0.29) is 16.9 Å². The summed E-state index contributed by atoms with van der Waals surface area (Å²) in [6.45, 7) is 4.86. The number of hydrogen-bond acceptors (Lipinski definition) is 2. The number of fused-ring (bicyclic) bond motifs is 5. The molecule has 3 nitrogen and oxygen atoms in total. The highest BCUT2D eigenvalue weighted by Gasteiger charge is 2.60. The van der Waals surface area contributed by atoms with Crippen molar-refractivity contribution < 1.29 is 14.3 Å². The number of aliphatic hydroxyl groups is 1. The van der Waals surface area contributed by atoms with Gasteiger partial charge in [0.15, 0.2) is 5.83 Å². The standard InChI is InChI=1S/C20H30FNO2/c1-19-9-8-15-13(14(19)6-4-12(19)11-23)5-7-17-20(15,2)10-16(21)18(24)22(17)3/h10,12-15,17,23H,4-9,11H2,1-3H3/t12-,13?,14+,15?,17-,19-,20-/m1/s1. The van der Waals surface area contributed by atoms with Crippen molar-refractivity contribution in [3.63, 3.8) is 0 Å². The molecule has 1 amide bonds. The van der Waals surface area contributed by atoms with E-state index < -0.39 is 11.7 Å². The molecule has 7 atom stereocenters. The van der Waals surface area contributed by atoms with Gasteiger partial charge in [-0.05, 0) is 73.7 Å². The van der Waals surface area contributed by atoms with Gasteiger partial charge >= 0.3 is 0 Å². The van der Waals surface area contributed by atoms with E-state index in [9.17, 15) is 14.3 Å². The summed E-state index contributed by atoms with van der Waals surface area (Å²) in [6.07, 6.45) is 8.31. The van der Waals surface area contributed by atoms with Gasteiger partial charge in [-0.15, -0.1) is 0 Å². The molecule has 1 N–H and O–H groups in total. The molecule has 3 aliphatic carbocycles. The third-order valence-electron chi connectivity index (χ3n) is 8.57. The van der Waals surface area contributed by atoms with Gasteiger partial charge in [-0.3, -0.25) is 4.79 Å². The fourth-order valence-electron chi connectivity index (χ4n) is 7.24. The molecule has 134 valence electrons. The molecule has 24 heavy (non-hydrogen) atoms. The van der Waals surface area contributed by atoms with Gasteiger partial charge in [0.1, 0.15) is 0 Å². The third-order valence-corrected chi connectivity index (χ3v) is 8.57. The Kier molecular flexibility index (Phi) is 3.66. The summed E-state index contributed by atoms with van der Waals surface area (Å²) in [4.78, 5) is 13.7. The Morgan fingerprint density at radius 2 is 1.96 bits per heavy atom. The second kappa shape index (κ2) is 5.30. The van der Waals surface area contributed by atoms with Gasteiger partial charge in [-0.25, -0.2) is 4.39 Å². The second-order valence-corrected chi connectivity index (χ2v) is 9.25. The molecule has 0 radical (unpaired) electrons. The van der Waals surface area contributed by atoms with Crippen LogP contribution >= 0.6 is 0 Å². The summed E-state index contributed by atoms with van der Waals surface area (Å²) in [5, 5.41) is 9.80. The molecule has 2 unspecified atom stereocenters. The minimum absolute atomic E-state index is 0.130. The SMILES string of the molecule is CN1C(=O)C(F)=C[C@]2(C)C3CC[C@]4(C)[C@@H](CO)CC[C@H]4C3CC[C@@H]12. The number of carbonyl (C=O) groups is 1. The summed E-state index contributed by atoms with van der Waals surface area (Å²) in [5.41, 5.74) is 0.00600. The number of nitrogens with zero attached hydrogens (tertiary/aromatic N) is 1. The maximum Gasteiger partial charge on any atom is 0.282 e. The van der Waals surface area contributed by atoms with Crippen LogP contribution in [0.4, 0.5) is 4.39 Å². The zero-order valence-electron chi connectivity index (χ0n) is 15.1. The highest BCUT2D eigenvalue weighted by atomic mass is 19.1. The molecule has 0 aromatic carbocycles. The van der Waals surface area contributed by atoms with Gasteiger partial charge in [-0.2, -0.15) is 0 Å². The predicted molar refractivity (Wildman–Crippen MR) is 90.7 cm³/mol. The van der Waals surface area contributed by atoms with Crippen LogP contribution in [0.1, 0.15) is 52.4 Å². The number of rotatable bonds is 1. The van der Waals surface area contributed by atoms with Crippen LogP contribution in [0.25, 0.3) is 0 Å². The fraction of sp³-hybridized carbons (Fsp3) is 0.850. The zero-order chi connectivity index (χ0) is 17.3. The minimum atomic E-state index is -0.565. The smallest absolute Gasteiger partial charge is 0.282 e. The van der Waals surface area contributed by atoms with Crippen molar-refractivity contribution in [2.45, 2.75) is 58.4 Å². The van der Waals surface area contributed by atoms with Gasteiger partial charge in [-0.1, -0.05) is 13.8 Å². The summed E-state index contributed by atoms with van der Waals surface area (Å²) in [5.74, 6) is 1.12. The maximum absolute atomic E-state index is 14.3. The monoisotopic (exact) mass is 335 g/mol. The quantitative estimate of drug-likeness (QED) is 0.796. The first kappa shape index (κ1) is 16.6. The highest BCUT2D eigenvalue weighted by Crippen LogP contribution is 2.65. The average Bonchev–Trinajstić information content (AvgIpc) is 2.89. The zero-order valence-corrected chi connectivity index (χ0v) is 15.1. The Bertz CT molecular complexity index is 590. The molecule has 0 aromatic heterocycles. The Balaban J connectivity index is 1.70. The van der Waals surface area contributed by atoms with Crippen molar-refractivity contribution in [3.8, 4) is 0 Å². The lowest BCUT2D eigenvalue weighted by Crippen LogP contribution is -2.60. The van der Waals surface area contributed by atoms with Crippen molar-refractivity contribution in [1.82, 2.24) is 4.90 Å². The maximum atomic E-state index is 14.3. The largest absolute Gasteiger partial charge is 0.396 e. The van der Waals surface area contributed by atoms with Crippen LogP contribution in [0, 0.1) is 34.5 Å². The number of carbonyl (C=O) groups excluding carboxylic acids is 1. The topological polar surface area (TPSA) is 40.5 Å². The van der Waals surface area contributed by atoms with Gasteiger partial charge in [0.05, 0.1) is 0 Å². The Morgan fingerprint density at radius 3 is 2.67 bits per heavy atom. The van der Waals surface area contributed by atoms with Gasteiger partial charge < -0.3 is 10.0 Å². The molecule has 4 rings (SSSR count). The van der Waals surface area contributed by atoms with Crippen molar-refractivity contribution in [2.24, 2.45) is 34.5 Å². The van der Waals surface area contributed by atoms with Crippen LogP contribution in [0.5, 0.6) is 0 Å². The summed E-state index contributed by atoms with van der Waals surface area (Å²) < 4.78 is 14.3. The van der Waals surface area contributed by atoms with Gasteiger partial charge in [0.25, 0.3) is 5.91 Å². The van der Waals surface area contributed by atoms with Crippen molar-refractivity contribution in [1.29, 1.82) is 0 Å². The molecule has 0 spiro atoms. The van der Waals surface area contributed by atoms with Crippen LogP contribution in [0.3, 0.4) is 0 Å². The van der Waals surface area contributed by atoms with E-state index in [1.807, 2.05) is 0 Å². The molecule has 4 aliphatic rings. The number of amides is 1. The molecule has 0 saturated heterocycles. The molecule has 3 saturated carbocycles. The first-order valence-corrected chi connectivity index (χ1v) is 9.59. The molecule has 1 heterocycles. The molecular formula is C20H30FNO2. The van der Waals surface area contributed by atoms with Crippen LogP contribution in [0.15, 0.2) is 11.9 Å². The molecule has 0 aromatic rings. The second-order valence-electron chi connectivity index (χ2n) is 9.25. The summed E-state index contributed by atoms with van der Waals surface area (Å²) in [7, 11) is 1.77. The summed E-state index contributed by atoms with van der Waals surface area (Å²) in [6, 6.07) is 0.130. The van der Waals surface area contributed by atoms with Gasteiger partial charge in [0, 0.05) is 25.1 Å². The lowest BCUT2D eigenvalue weighted by Gasteiger charge is -2.60. The van der Waals surface area contributed by atoms with E-state index in [0.29, 0.717) is 30.3 Å². The number of hydrogen-bond donors (Lipinski definition) is 1. The van der Waals surface area contributed by atoms with E-state index in [1.165, 1.54) is 6.42 Å². The van der Waals surface area contributed by atoms with Crippen LogP contribution in [-0.2, 0) is 4.79 Å². The normalized spacial score (nSPS) is 50.9. The van der Waals surface area contributed by atoms with Gasteiger partial charge in [0.2, 0.25) is 0 Å². The molecular weight excluding hydrogens is 305 g/mol. The third kappa shape index (κ3) is 1.95.